The molecule has 0 saturated carbocycles. The SMILES string of the molecule is COC(=O)c1c(O[Si](c2ccccc2)c2ccccc2)ccc2c1nc(C(C)(C)C)n2C. The molecular weight excluding hydrogens is 416 g/mol. The van der Waals surface area contributed by atoms with Gasteiger partial charge in [-0.1, -0.05) is 81.4 Å². The number of imidazole rings is 1. The first kappa shape index (κ1) is 21.8. The molecule has 163 valence electrons. The van der Waals surface area contributed by atoms with Gasteiger partial charge >= 0.3 is 15.0 Å². The Bertz CT molecular complexity index is 1210. The van der Waals surface area contributed by atoms with Crippen LogP contribution in [-0.4, -0.2) is 31.7 Å². The van der Waals surface area contributed by atoms with Crippen LogP contribution in [-0.2, 0) is 17.2 Å². The molecule has 5 nitrogen and oxygen atoms in total. The third-order valence-electron chi connectivity index (χ3n) is 5.36. The van der Waals surface area contributed by atoms with Gasteiger partial charge in [-0.3, -0.25) is 0 Å². The van der Waals surface area contributed by atoms with Gasteiger partial charge in [0.05, 0.1) is 12.6 Å². The van der Waals surface area contributed by atoms with Gasteiger partial charge in [0.25, 0.3) is 0 Å². The Morgan fingerprint density at radius 1 is 0.906 bits per heavy atom. The highest BCUT2D eigenvalue weighted by atomic mass is 28.3. The smallest absolute Gasteiger partial charge is 0.352 e. The van der Waals surface area contributed by atoms with Crippen LogP contribution in [0.15, 0.2) is 72.8 Å². The zero-order chi connectivity index (χ0) is 22.9. The molecule has 0 aliphatic carbocycles. The van der Waals surface area contributed by atoms with Crippen molar-refractivity contribution < 1.29 is 14.0 Å². The molecule has 4 aromatic rings. The van der Waals surface area contributed by atoms with Crippen molar-refractivity contribution in [1.82, 2.24) is 9.55 Å². The summed E-state index contributed by atoms with van der Waals surface area (Å²) in [4.78, 5) is 17.8. The number of aryl methyl sites for hydroxylation is 1. The van der Waals surface area contributed by atoms with Crippen molar-refractivity contribution in [3.05, 3.63) is 84.2 Å². The second-order valence-electron chi connectivity index (χ2n) is 8.71. The standard InChI is InChI=1S/C26H27N2O3Si/c1-26(2,3)25-27-23-20(28(25)4)16-17-21(22(23)24(29)30-5)31-32(18-12-8-6-9-13-18)19-14-10-7-11-15-19/h6-17H,1-5H3. The van der Waals surface area contributed by atoms with E-state index in [2.05, 4.69) is 45.0 Å². The third kappa shape index (κ3) is 4.06. The lowest BCUT2D eigenvalue weighted by molar-refractivity contribution is 0.0600. The van der Waals surface area contributed by atoms with Gasteiger partial charge in [0, 0.05) is 12.5 Å². The number of hydrogen-bond acceptors (Lipinski definition) is 4. The van der Waals surface area contributed by atoms with Crippen molar-refractivity contribution >= 4 is 36.4 Å². The van der Waals surface area contributed by atoms with Crippen molar-refractivity contribution in [3.8, 4) is 5.75 Å². The van der Waals surface area contributed by atoms with E-state index in [0.717, 1.165) is 21.7 Å². The maximum atomic E-state index is 12.9. The Hall–Kier alpha value is -3.38. The van der Waals surface area contributed by atoms with Crippen LogP contribution in [0.5, 0.6) is 5.75 Å². The van der Waals surface area contributed by atoms with Crippen LogP contribution in [0, 0.1) is 0 Å². The molecule has 0 aliphatic heterocycles. The molecule has 0 aliphatic rings. The highest BCUT2D eigenvalue weighted by Gasteiger charge is 2.29. The summed E-state index contributed by atoms with van der Waals surface area (Å²) in [6.45, 7) is 6.32. The van der Waals surface area contributed by atoms with Gasteiger partial charge in [0.15, 0.2) is 0 Å². The van der Waals surface area contributed by atoms with Crippen molar-refractivity contribution in [3.63, 3.8) is 0 Å². The van der Waals surface area contributed by atoms with Crippen molar-refractivity contribution in [2.24, 2.45) is 7.05 Å². The lowest BCUT2D eigenvalue weighted by Gasteiger charge is -2.19. The number of methoxy groups -OCH3 is 1. The number of fused-ring (bicyclic) bond motifs is 1. The minimum Gasteiger partial charge on any atom is -0.532 e. The van der Waals surface area contributed by atoms with Gasteiger partial charge in [0.1, 0.15) is 22.7 Å². The number of carbonyl (C=O) groups excluding carboxylic acids is 1. The second kappa shape index (κ2) is 8.63. The highest BCUT2D eigenvalue weighted by molar-refractivity contribution is 6.80. The highest BCUT2D eigenvalue weighted by Crippen LogP contribution is 2.32. The second-order valence-corrected chi connectivity index (χ2v) is 10.7. The average molecular weight is 444 g/mol. The van der Waals surface area contributed by atoms with E-state index in [9.17, 15) is 4.79 Å². The summed E-state index contributed by atoms with van der Waals surface area (Å²) in [7, 11) is 1.70. The van der Waals surface area contributed by atoms with Gasteiger partial charge in [-0.25, -0.2) is 9.78 Å². The van der Waals surface area contributed by atoms with Crippen molar-refractivity contribution in [1.29, 1.82) is 0 Å². The summed E-state index contributed by atoms with van der Waals surface area (Å²) in [5, 5.41) is 2.19. The maximum Gasteiger partial charge on any atom is 0.352 e. The fourth-order valence-electron chi connectivity index (χ4n) is 3.87. The molecule has 1 heterocycles. The van der Waals surface area contributed by atoms with Gasteiger partial charge in [-0.15, -0.1) is 0 Å². The van der Waals surface area contributed by atoms with E-state index in [1.165, 1.54) is 7.11 Å². The predicted octanol–water partition coefficient (Wildman–Crippen LogP) is 3.84. The normalized spacial score (nSPS) is 11.7. The molecule has 0 N–H and O–H groups in total. The first-order valence-corrected chi connectivity index (χ1v) is 12.0. The quantitative estimate of drug-likeness (QED) is 0.347. The first-order chi connectivity index (χ1) is 15.3. The number of rotatable bonds is 5. The van der Waals surface area contributed by atoms with Gasteiger partial charge in [0.2, 0.25) is 0 Å². The Morgan fingerprint density at radius 3 is 1.97 bits per heavy atom. The Balaban J connectivity index is 1.90. The van der Waals surface area contributed by atoms with E-state index >= 15 is 0 Å². The molecule has 4 rings (SSSR count). The lowest BCUT2D eigenvalue weighted by atomic mass is 9.96. The van der Waals surface area contributed by atoms with E-state index in [4.69, 9.17) is 14.1 Å². The average Bonchev–Trinajstić information content (AvgIpc) is 3.14. The van der Waals surface area contributed by atoms with E-state index in [-0.39, 0.29) is 5.41 Å². The Labute approximate surface area is 190 Å². The van der Waals surface area contributed by atoms with Crippen LogP contribution in [0.2, 0.25) is 0 Å². The van der Waals surface area contributed by atoms with E-state index < -0.39 is 15.0 Å². The zero-order valence-corrected chi connectivity index (χ0v) is 20.0. The molecule has 0 unspecified atom stereocenters. The maximum absolute atomic E-state index is 12.9. The van der Waals surface area contributed by atoms with E-state index in [0.29, 0.717) is 16.8 Å². The molecular formula is C26H27N2O3Si. The van der Waals surface area contributed by atoms with Gasteiger partial charge in [-0.05, 0) is 22.5 Å². The molecule has 0 spiro atoms. The summed E-state index contributed by atoms with van der Waals surface area (Å²) in [6, 6.07) is 24.1. The van der Waals surface area contributed by atoms with Crippen molar-refractivity contribution in [2.45, 2.75) is 26.2 Å². The number of esters is 1. The molecule has 1 aromatic heterocycles. The topological polar surface area (TPSA) is 53.4 Å². The number of nitrogens with zero attached hydrogens (tertiary/aromatic N) is 2. The fourth-order valence-corrected chi connectivity index (χ4v) is 5.82. The predicted molar refractivity (Wildman–Crippen MR) is 129 cm³/mol. The van der Waals surface area contributed by atoms with Gasteiger partial charge in [-0.2, -0.15) is 0 Å². The number of ether oxygens (including phenoxy) is 1. The Morgan fingerprint density at radius 2 is 1.47 bits per heavy atom. The van der Waals surface area contributed by atoms with Crippen LogP contribution < -0.4 is 14.8 Å². The molecule has 0 amide bonds. The summed E-state index contributed by atoms with van der Waals surface area (Å²) in [5.41, 5.74) is 1.66. The minimum atomic E-state index is -1.66. The third-order valence-corrected chi connectivity index (χ3v) is 7.50. The number of carbonyl (C=O) groups is 1. The summed E-state index contributed by atoms with van der Waals surface area (Å²) in [5.74, 6) is 0.933. The first-order valence-electron chi connectivity index (χ1n) is 10.5. The summed E-state index contributed by atoms with van der Waals surface area (Å²) < 4.78 is 13.8. The molecule has 6 heteroatoms. The van der Waals surface area contributed by atoms with Crippen LogP contribution in [0.1, 0.15) is 37.0 Å². The molecule has 1 radical (unpaired) electrons. The minimum absolute atomic E-state index is 0.175. The molecule has 0 fully saturated rings. The van der Waals surface area contributed by atoms with E-state index in [1.54, 1.807) is 0 Å². The molecule has 0 atom stereocenters. The molecule has 0 bridgehead atoms. The number of hydrogen-bond donors (Lipinski definition) is 0. The number of aromatic nitrogens is 2. The molecule has 3 aromatic carbocycles. The van der Waals surface area contributed by atoms with Crippen LogP contribution >= 0.6 is 0 Å². The Kier molecular flexibility index (Phi) is 5.89. The largest absolute Gasteiger partial charge is 0.532 e. The fraction of sp³-hybridized carbons (Fsp3) is 0.231. The summed E-state index contributed by atoms with van der Waals surface area (Å²) in [6.07, 6.45) is 0. The van der Waals surface area contributed by atoms with E-state index in [1.807, 2.05) is 60.1 Å². The number of benzene rings is 3. The van der Waals surface area contributed by atoms with Crippen LogP contribution in [0.25, 0.3) is 11.0 Å². The van der Waals surface area contributed by atoms with Crippen molar-refractivity contribution in [2.75, 3.05) is 7.11 Å². The van der Waals surface area contributed by atoms with Crippen LogP contribution in [0.3, 0.4) is 0 Å². The van der Waals surface area contributed by atoms with Gasteiger partial charge < -0.3 is 13.7 Å². The van der Waals surface area contributed by atoms with Crippen LogP contribution in [0.4, 0.5) is 0 Å². The summed E-state index contributed by atoms with van der Waals surface area (Å²) >= 11 is 0. The molecule has 32 heavy (non-hydrogen) atoms. The lowest BCUT2D eigenvalue weighted by Crippen LogP contribution is -2.47. The zero-order valence-electron chi connectivity index (χ0n) is 19.0. The monoisotopic (exact) mass is 443 g/mol. The molecule has 0 saturated heterocycles.